The van der Waals surface area contributed by atoms with Crippen molar-refractivity contribution in [3.63, 3.8) is 0 Å². The van der Waals surface area contributed by atoms with Crippen molar-refractivity contribution in [2.45, 2.75) is 19.9 Å². The third kappa shape index (κ3) is 4.60. The summed E-state index contributed by atoms with van der Waals surface area (Å²) in [6, 6.07) is 5.92. The third-order valence-corrected chi connectivity index (χ3v) is 2.93. The van der Waals surface area contributed by atoms with E-state index in [0.717, 1.165) is 30.0 Å². The van der Waals surface area contributed by atoms with Crippen LogP contribution in [0, 0.1) is 12.3 Å². The molecule has 2 N–H and O–H groups in total. The van der Waals surface area contributed by atoms with Crippen LogP contribution >= 0.6 is 0 Å². The lowest BCUT2D eigenvalue weighted by molar-refractivity contribution is 0.297. The van der Waals surface area contributed by atoms with Crippen molar-refractivity contribution in [1.82, 2.24) is 10.6 Å². The molecule has 0 spiro atoms. The zero-order chi connectivity index (χ0) is 14.9. The van der Waals surface area contributed by atoms with Gasteiger partial charge in [-0.2, -0.15) is 0 Å². The van der Waals surface area contributed by atoms with E-state index in [1.807, 2.05) is 25.1 Å². The number of terminal acetylenes is 1. The number of benzene rings is 1. The van der Waals surface area contributed by atoms with Gasteiger partial charge in [-0.05, 0) is 24.6 Å². The smallest absolute Gasteiger partial charge is 0.192 e. The van der Waals surface area contributed by atoms with E-state index in [9.17, 15) is 0 Å². The van der Waals surface area contributed by atoms with Crippen molar-refractivity contribution in [2.24, 2.45) is 4.99 Å². The molecule has 1 aliphatic heterocycles. The summed E-state index contributed by atoms with van der Waals surface area (Å²) < 4.78 is 11.3. The second-order valence-corrected chi connectivity index (χ2v) is 4.58. The molecule has 1 heterocycles. The number of aliphatic imine (C=N–C) groups is 1. The van der Waals surface area contributed by atoms with E-state index in [1.165, 1.54) is 0 Å². The molecule has 1 aromatic carbocycles. The quantitative estimate of drug-likeness (QED) is 0.501. The molecule has 0 radical (unpaired) electrons. The molecule has 0 bridgehead atoms. The standard InChI is InChI=1S/C16H21N3O2/c1-3-8-18-16(17-4-2)19-12-13-6-7-14-15(11-13)21-10-5-9-20-14/h1,6-7,11H,4-5,8-10,12H2,2H3,(H2,17,18,19). The van der Waals surface area contributed by atoms with Crippen LogP contribution in [0.15, 0.2) is 23.2 Å². The summed E-state index contributed by atoms with van der Waals surface area (Å²) in [7, 11) is 0. The van der Waals surface area contributed by atoms with E-state index in [0.29, 0.717) is 32.3 Å². The number of nitrogens with one attached hydrogen (secondary N) is 2. The van der Waals surface area contributed by atoms with Crippen LogP contribution in [0.2, 0.25) is 0 Å². The van der Waals surface area contributed by atoms with Crippen molar-refractivity contribution >= 4 is 5.96 Å². The van der Waals surface area contributed by atoms with Gasteiger partial charge in [0.2, 0.25) is 0 Å². The molecule has 0 aliphatic carbocycles. The molecular weight excluding hydrogens is 266 g/mol. The van der Waals surface area contributed by atoms with E-state index in [-0.39, 0.29) is 0 Å². The van der Waals surface area contributed by atoms with Crippen LogP contribution in [0.5, 0.6) is 11.5 Å². The minimum Gasteiger partial charge on any atom is -0.490 e. The van der Waals surface area contributed by atoms with Gasteiger partial charge in [0, 0.05) is 13.0 Å². The van der Waals surface area contributed by atoms with Gasteiger partial charge in [-0.15, -0.1) is 6.42 Å². The Morgan fingerprint density at radius 2 is 2.10 bits per heavy atom. The number of fused-ring (bicyclic) bond motifs is 1. The molecule has 0 fully saturated rings. The fourth-order valence-corrected chi connectivity index (χ4v) is 1.95. The Morgan fingerprint density at radius 1 is 1.29 bits per heavy atom. The highest BCUT2D eigenvalue weighted by atomic mass is 16.5. The molecule has 0 saturated carbocycles. The first-order chi connectivity index (χ1) is 10.3. The lowest BCUT2D eigenvalue weighted by Gasteiger charge is -2.10. The summed E-state index contributed by atoms with van der Waals surface area (Å²) in [5.74, 6) is 4.84. The van der Waals surface area contributed by atoms with Crippen LogP contribution in [0.3, 0.4) is 0 Å². The van der Waals surface area contributed by atoms with E-state index in [2.05, 4.69) is 21.5 Å². The van der Waals surface area contributed by atoms with Gasteiger partial charge in [-0.1, -0.05) is 12.0 Å². The minimum atomic E-state index is 0.451. The van der Waals surface area contributed by atoms with Crippen LogP contribution < -0.4 is 20.1 Å². The van der Waals surface area contributed by atoms with Gasteiger partial charge in [0.15, 0.2) is 17.5 Å². The van der Waals surface area contributed by atoms with E-state index < -0.39 is 0 Å². The summed E-state index contributed by atoms with van der Waals surface area (Å²) in [5.41, 5.74) is 1.07. The number of rotatable bonds is 4. The van der Waals surface area contributed by atoms with Crippen LogP contribution in [-0.2, 0) is 6.54 Å². The molecule has 0 atom stereocenters. The van der Waals surface area contributed by atoms with Crippen molar-refractivity contribution in [1.29, 1.82) is 0 Å². The first-order valence-electron chi connectivity index (χ1n) is 7.17. The van der Waals surface area contributed by atoms with Gasteiger partial charge in [-0.3, -0.25) is 0 Å². The number of ether oxygens (including phenoxy) is 2. The largest absolute Gasteiger partial charge is 0.490 e. The first-order valence-corrected chi connectivity index (χ1v) is 7.17. The topological polar surface area (TPSA) is 54.9 Å². The SMILES string of the molecule is C#CCNC(=NCc1ccc2c(c1)OCCCO2)NCC. The Morgan fingerprint density at radius 3 is 2.86 bits per heavy atom. The zero-order valence-corrected chi connectivity index (χ0v) is 12.3. The number of hydrogen-bond donors (Lipinski definition) is 2. The fraction of sp³-hybridized carbons (Fsp3) is 0.438. The fourth-order valence-electron chi connectivity index (χ4n) is 1.95. The Bertz CT molecular complexity index is 535. The summed E-state index contributed by atoms with van der Waals surface area (Å²) in [5, 5.41) is 6.21. The molecule has 5 heteroatoms. The van der Waals surface area contributed by atoms with Crippen LogP contribution in [0.4, 0.5) is 0 Å². The summed E-state index contributed by atoms with van der Waals surface area (Å²) in [4.78, 5) is 4.50. The highest BCUT2D eigenvalue weighted by Crippen LogP contribution is 2.30. The maximum atomic E-state index is 5.68. The minimum absolute atomic E-state index is 0.451. The maximum Gasteiger partial charge on any atom is 0.192 e. The molecule has 1 aromatic rings. The number of nitrogens with zero attached hydrogens (tertiary/aromatic N) is 1. The summed E-state index contributed by atoms with van der Waals surface area (Å²) in [6.07, 6.45) is 6.15. The predicted molar refractivity (Wildman–Crippen MR) is 83.7 cm³/mol. The van der Waals surface area contributed by atoms with Gasteiger partial charge in [-0.25, -0.2) is 4.99 Å². The molecule has 0 aromatic heterocycles. The first kappa shape index (κ1) is 15.0. The Kier molecular flexibility index (Phi) is 5.77. The Balaban J connectivity index is 2.04. The van der Waals surface area contributed by atoms with Gasteiger partial charge in [0.1, 0.15) is 0 Å². The van der Waals surface area contributed by atoms with Crippen LogP contribution in [-0.4, -0.2) is 32.3 Å². The second kappa shape index (κ2) is 8.05. The molecule has 2 rings (SSSR count). The summed E-state index contributed by atoms with van der Waals surface area (Å²) in [6.45, 7) is 5.19. The number of guanidine groups is 1. The Hall–Kier alpha value is -2.35. The third-order valence-electron chi connectivity index (χ3n) is 2.93. The van der Waals surface area contributed by atoms with Crippen LogP contribution in [0.1, 0.15) is 18.9 Å². The second-order valence-electron chi connectivity index (χ2n) is 4.58. The van der Waals surface area contributed by atoms with Gasteiger partial charge < -0.3 is 20.1 Å². The molecule has 0 unspecified atom stereocenters. The lowest BCUT2D eigenvalue weighted by atomic mass is 10.2. The summed E-state index contributed by atoms with van der Waals surface area (Å²) >= 11 is 0. The van der Waals surface area contributed by atoms with E-state index >= 15 is 0 Å². The highest BCUT2D eigenvalue weighted by Gasteiger charge is 2.10. The average molecular weight is 287 g/mol. The van der Waals surface area contributed by atoms with E-state index in [4.69, 9.17) is 15.9 Å². The molecular formula is C16H21N3O2. The predicted octanol–water partition coefficient (Wildman–Crippen LogP) is 1.54. The zero-order valence-electron chi connectivity index (χ0n) is 12.3. The van der Waals surface area contributed by atoms with Crippen LogP contribution in [0.25, 0.3) is 0 Å². The normalized spacial score (nSPS) is 14.0. The van der Waals surface area contributed by atoms with Gasteiger partial charge >= 0.3 is 0 Å². The molecule has 1 aliphatic rings. The highest BCUT2D eigenvalue weighted by molar-refractivity contribution is 5.80. The molecule has 5 nitrogen and oxygen atoms in total. The number of hydrogen-bond acceptors (Lipinski definition) is 3. The van der Waals surface area contributed by atoms with Crippen molar-refractivity contribution in [3.8, 4) is 23.8 Å². The molecule has 21 heavy (non-hydrogen) atoms. The van der Waals surface area contributed by atoms with Gasteiger partial charge in [0.25, 0.3) is 0 Å². The molecule has 112 valence electrons. The van der Waals surface area contributed by atoms with Crippen molar-refractivity contribution < 1.29 is 9.47 Å². The maximum absolute atomic E-state index is 5.68. The monoisotopic (exact) mass is 287 g/mol. The molecule has 0 saturated heterocycles. The average Bonchev–Trinajstić information content (AvgIpc) is 2.74. The van der Waals surface area contributed by atoms with E-state index in [1.54, 1.807) is 0 Å². The van der Waals surface area contributed by atoms with Crippen molar-refractivity contribution in [2.75, 3.05) is 26.3 Å². The van der Waals surface area contributed by atoms with Crippen molar-refractivity contribution in [3.05, 3.63) is 23.8 Å². The molecule has 0 amide bonds. The van der Waals surface area contributed by atoms with Gasteiger partial charge in [0.05, 0.1) is 26.3 Å². The lowest BCUT2D eigenvalue weighted by Crippen LogP contribution is -2.37. The Labute approximate surface area is 125 Å².